The van der Waals surface area contributed by atoms with E-state index in [1.165, 1.54) is 6.07 Å². The zero-order chi connectivity index (χ0) is 11.9. The summed E-state index contributed by atoms with van der Waals surface area (Å²) in [6, 6.07) is 6.31. The predicted octanol–water partition coefficient (Wildman–Crippen LogP) is 5.28. The molecule has 1 aromatic heterocycles. The zero-order valence-corrected chi connectivity index (χ0v) is 10.0. The van der Waals surface area contributed by atoms with E-state index in [0.29, 0.717) is 26.4 Å². The molecule has 0 nitrogen and oxygen atoms in total. The molecule has 0 saturated carbocycles. The molecule has 5 heteroatoms. The van der Waals surface area contributed by atoms with Crippen LogP contribution in [0.3, 0.4) is 0 Å². The maximum Gasteiger partial charge on any atom is 0.600 e. The number of rotatable bonds is 1. The molecule has 0 radical (unpaired) electrons. The summed E-state index contributed by atoms with van der Waals surface area (Å²) in [7, 11) is -1.79. The van der Waals surface area contributed by atoms with Crippen LogP contribution in [-0.2, 0) is 11.9 Å². The topological polar surface area (TPSA) is 0 Å². The van der Waals surface area contributed by atoms with Gasteiger partial charge in [0.25, 0.3) is 0 Å². The van der Waals surface area contributed by atoms with Gasteiger partial charge in [0.1, 0.15) is 0 Å². The Balaban J connectivity index is 2.81. The van der Waals surface area contributed by atoms with Crippen molar-refractivity contribution in [1.29, 1.82) is 0 Å². The zero-order valence-electron chi connectivity index (χ0n) is 8.44. The first-order valence-corrected chi connectivity index (χ1v) is 6.35. The summed E-state index contributed by atoms with van der Waals surface area (Å²) in [5, 5.41) is 0.994. The van der Waals surface area contributed by atoms with Gasteiger partial charge in [0.2, 0.25) is 0 Å². The molecule has 0 aliphatic rings. The van der Waals surface area contributed by atoms with Gasteiger partial charge in [-0.1, -0.05) is 18.5 Å². The molecule has 86 valence electrons. The molecule has 1 aromatic carbocycles. The molecule has 0 spiro atoms. The third kappa shape index (κ3) is 1.92. The lowest BCUT2D eigenvalue weighted by atomic mass is 10.2. The molecule has 1 heterocycles. The molecule has 0 aliphatic carbocycles. The average molecular weight is 266 g/mol. The molecule has 2 rings (SSSR count). The van der Waals surface area contributed by atoms with Crippen molar-refractivity contribution in [2.24, 2.45) is 0 Å². The van der Waals surface area contributed by atoms with Gasteiger partial charge in [0.15, 0.2) is 9.58 Å². The second-order valence-corrected chi connectivity index (χ2v) is 5.87. The molecule has 0 saturated heterocycles. The fourth-order valence-corrected chi connectivity index (χ4v) is 3.90. The van der Waals surface area contributed by atoms with Crippen molar-refractivity contribution in [1.82, 2.24) is 0 Å². The lowest BCUT2D eigenvalue weighted by Gasteiger charge is -1.98. The molecular weight excluding hydrogens is 257 g/mol. The van der Waals surface area contributed by atoms with E-state index in [1.807, 2.05) is 0 Å². The van der Waals surface area contributed by atoms with Crippen LogP contribution in [0, 0.1) is 0 Å². The quantitative estimate of drug-likeness (QED) is 0.615. The minimum absolute atomic E-state index is 0.303. The molecule has 2 aromatic rings. The van der Waals surface area contributed by atoms with Gasteiger partial charge in [-0.05, 0) is 12.1 Å². The van der Waals surface area contributed by atoms with Gasteiger partial charge in [-0.25, -0.2) is 0 Å². The number of hydrogen-bond donors (Lipinski definition) is 0. The minimum atomic E-state index is -4.21. The first kappa shape index (κ1) is 11.7. The molecule has 0 aliphatic heterocycles. The first-order chi connectivity index (χ1) is 7.43. The smallest absolute Gasteiger partial charge is 0.118 e. The highest BCUT2D eigenvalue weighted by molar-refractivity contribution is 7.38. The van der Waals surface area contributed by atoms with Gasteiger partial charge in [-0.15, -0.1) is 13.2 Å². The summed E-state index contributed by atoms with van der Waals surface area (Å²) < 4.78 is 39.1. The summed E-state index contributed by atoms with van der Waals surface area (Å²) in [5.41, 5.74) is -4.21. The van der Waals surface area contributed by atoms with Crippen molar-refractivity contribution in [3.8, 4) is 0 Å². The van der Waals surface area contributed by atoms with Gasteiger partial charge < -0.3 is 0 Å². The second kappa shape index (κ2) is 3.93. The van der Waals surface area contributed by atoms with Gasteiger partial charge in [-0.3, -0.25) is 0 Å². The van der Waals surface area contributed by atoms with E-state index < -0.39 is 16.0 Å². The Morgan fingerprint density at radius 1 is 1.25 bits per heavy atom. The maximum atomic E-state index is 12.9. The largest absolute Gasteiger partial charge is 0.600 e. The SMILES string of the molecule is CCc1cc2ccc(Cl)cc2[s+]1C(F)(F)F. The van der Waals surface area contributed by atoms with Crippen LogP contribution in [0.4, 0.5) is 13.2 Å². The van der Waals surface area contributed by atoms with Crippen LogP contribution in [0.15, 0.2) is 24.3 Å². The second-order valence-electron chi connectivity index (χ2n) is 3.40. The van der Waals surface area contributed by atoms with Crippen LogP contribution in [0.5, 0.6) is 0 Å². The van der Waals surface area contributed by atoms with E-state index in [9.17, 15) is 13.2 Å². The fourth-order valence-electron chi connectivity index (χ4n) is 1.70. The fraction of sp³-hybridized carbons (Fsp3) is 0.273. The molecule has 0 fully saturated rings. The normalized spacial score (nSPS) is 13.4. The van der Waals surface area contributed by atoms with E-state index in [-0.39, 0.29) is 0 Å². The lowest BCUT2D eigenvalue weighted by molar-refractivity contribution is -0.0867. The van der Waals surface area contributed by atoms with E-state index in [2.05, 4.69) is 0 Å². The highest BCUT2D eigenvalue weighted by Crippen LogP contribution is 2.51. The van der Waals surface area contributed by atoms with Crippen LogP contribution in [0.2, 0.25) is 5.02 Å². The standard InChI is InChI=1S/C11H9ClF3S/c1-2-9-5-7-3-4-8(12)6-10(7)16(9)11(13,14)15/h3-6H,2H2,1H3/q+1. The number of thiophene rings is 1. The van der Waals surface area contributed by atoms with E-state index in [4.69, 9.17) is 11.6 Å². The van der Waals surface area contributed by atoms with Crippen molar-refractivity contribution < 1.29 is 13.2 Å². The highest BCUT2D eigenvalue weighted by Gasteiger charge is 2.47. The van der Waals surface area contributed by atoms with Crippen LogP contribution in [0.1, 0.15) is 11.8 Å². The van der Waals surface area contributed by atoms with Crippen LogP contribution < -0.4 is 0 Å². The number of aryl methyl sites for hydroxylation is 1. The van der Waals surface area contributed by atoms with Gasteiger partial charge >= 0.3 is 5.51 Å². The monoisotopic (exact) mass is 265 g/mol. The van der Waals surface area contributed by atoms with Crippen molar-refractivity contribution >= 4 is 32.2 Å². The number of halogens is 4. The summed E-state index contributed by atoms with van der Waals surface area (Å²) in [6.45, 7) is 1.74. The Labute approximate surface area is 98.6 Å². The Hall–Kier alpha value is -0.740. The Morgan fingerprint density at radius 2 is 1.94 bits per heavy atom. The molecule has 0 bridgehead atoms. The third-order valence-electron chi connectivity index (χ3n) is 2.35. The van der Waals surface area contributed by atoms with Crippen molar-refractivity contribution in [3.63, 3.8) is 0 Å². The summed E-state index contributed by atoms with van der Waals surface area (Å²) >= 11 is 5.74. The first-order valence-electron chi connectivity index (χ1n) is 4.74. The summed E-state index contributed by atoms with van der Waals surface area (Å²) in [4.78, 5) is 0.435. The lowest BCUT2D eigenvalue weighted by Crippen LogP contribution is -1.97. The average Bonchev–Trinajstić information content (AvgIpc) is 2.54. The number of alkyl halides is 3. The van der Waals surface area contributed by atoms with Crippen molar-refractivity contribution in [2.45, 2.75) is 18.9 Å². The number of fused-ring (bicyclic) bond motifs is 1. The van der Waals surface area contributed by atoms with E-state index in [0.717, 1.165) is 0 Å². The molecule has 1 unspecified atom stereocenters. The van der Waals surface area contributed by atoms with E-state index >= 15 is 0 Å². The number of benzene rings is 1. The highest BCUT2D eigenvalue weighted by atomic mass is 35.5. The molecule has 0 N–H and O–H groups in total. The van der Waals surface area contributed by atoms with Crippen LogP contribution in [0.25, 0.3) is 10.1 Å². The van der Waals surface area contributed by atoms with Crippen molar-refractivity contribution in [3.05, 3.63) is 34.2 Å². The van der Waals surface area contributed by atoms with Gasteiger partial charge in [0, 0.05) is 29.0 Å². The van der Waals surface area contributed by atoms with Crippen molar-refractivity contribution in [2.75, 3.05) is 0 Å². The Bertz CT molecular complexity index is 528. The molecule has 1 atom stereocenters. The Kier molecular flexibility index (Phi) is 2.88. The minimum Gasteiger partial charge on any atom is -0.118 e. The van der Waals surface area contributed by atoms with Crippen LogP contribution >= 0.6 is 22.1 Å². The summed E-state index contributed by atoms with van der Waals surface area (Å²) in [5.74, 6) is 0. The molecule has 16 heavy (non-hydrogen) atoms. The van der Waals surface area contributed by atoms with Crippen LogP contribution in [-0.4, -0.2) is 0 Å². The van der Waals surface area contributed by atoms with Gasteiger partial charge in [-0.2, -0.15) is 0 Å². The number of hydrogen-bond acceptors (Lipinski definition) is 0. The third-order valence-corrected chi connectivity index (χ3v) is 4.78. The Morgan fingerprint density at radius 3 is 2.50 bits per heavy atom. The molecule has 0 amide bonds. The van der Waals surface area contributed by atoms with E-state index in [1.54, 1.807) is 25.1 Å². The molecular formula is C11H9ClF3S+. The van der Waals surface area contributed by atoms with Gasteiger partial charge in [0.05, 0.1) is 10.5 Å². The predicted molar refractivity (Wildman–Crippen MR) is 62.1 cm³/mol. The maximum absolute atomic E-state index is 12.9. The summed E-state index contributed by atoms with van der Waals surface area (Å²) in [6.07, 6.45) is 0.412.